The molecule has 1 N–H and O–H groups in total. The molecule has 0 saturated heterocycles. The SMILES string of the molecule is Cc1ccc(S(=O)(=O)OCCOCCOCCOCCOCCOCCOCCOC(=O)CCC(=O)C(=O)O)cc1. The summed E-state index contributed by atoms with van der Waals surface area (Å²) < 4.78 is 65.8. The minimum absolute atomic E-state index is 0.00108. The van der Waals surface area contributed by atoms with Crippen LogP contribution >= 0.6 is 0 Å². The first kappa shape index (κ1) is 36.5. The Labute approximate surface area is 240 Å². The van der Waals surface area contributed by atoms with Crippen molar-refractivity contribution in [2.75, 3.05) is 92.5 Å². The second kappa shape index (κ2) is 23.1. The lowest BCUT2D eigenvalue weighted by atomic mass is 10.2. The molecule has 0 spiro atoms. The lowest BCUT2D eigenvalue weighted by Gasteiger charge is -2.09. The number of rotatable bonds is 27. The average Bonchev–Trinajstić information content (AvgIpc) is 2.94. The first-order valence-electron chi connectivity index (χ1n) is 13.1. The summed E-state index contributed by atoms with van der Waals surface area (Å²) in [5.41, 5.74) is 0.960. The molecule has 1 rings (SSSR count). The molecule has 0 aliphatic rings. The van der Waals surface area contributed by atoms with E-state index in [1.807, 2.05) is 6.92 Å². The summed E-state index contributed by atoms with van der Waals surface area (Å²) in [6.45, 7) is 5.69. The Morgan fingerprint density at radius 1 is 0.610 bits per heavy atom. The molecule has 234 valence electrons. The predicted molar refractivity (Wildman–Crippen MR) is 142 cm³/mol. The molecule has 14 nitrogen and oxygen atoms in total. The largest absolute Gasteiger partial charge is 0.476 e. The van der Waals surface area contributed by atoms with Crippen molar-refractivity contribution in [3.8, 4) is 0 Å². The molecule has 0 bridgehead atoms. The Bertz CT molecular complexity index is 965. The zero-order valence-electron chi connectivity index (χ0n) is 23.3. The van der Waals surface area contributed by atoms with Crippen molar-refractivity contribution in [1.29, 1.82) is 0 Å². The van der Waals surface area contributed by atoms with Crippen LogP contribution in [0, 0.1) is 6.92 Å². The van der Waals surface area contributed by atoms with E-state index in [0.29, 0.717) is 66.1 Å². The highest BCUT2D eigenvalue weighted by Crippen LogP contribution is 2.12. The van der Waals surface area contributed by atoms with E-state index in [9.17, 15) is 22.8 Å². The second-order valence-electron chi connectivity index (χ2n) is 8.21. The fourth-order valence-corrected chi connectivity index (χ4v) is 3.68. The van der Waals surface area contributed by atoms with E-state index in [1.165, 1.54) is 12.1 Å². The quantitative estimate of drug-likeness (QED) is 0.0640. The summed E-state index contributed by atoms with van der Waals surface area (Å²) in [6.07, 6.45) is -0.678. The summed E-state index contributed by atoms with van der Waals surface area (Å²) in [5, 5.41) is 8.42. The van der Waals surface area contributed by atoms with Crippen LogP contribution < -0.4 is 0 Å². The van der Waals surface area contributed by atoms with E-state index < -0.39 is 34.3 Å². The van der Waals surface area contributed by atoms with Gasteiger partial charge in [-0.05, 0) is 19.1 Å². The van der Waals surface area contributed by atoms with E-state index in [-0.39, 0.29) is 37.7 Å². The molecule has 0 aromatic heterocycles. The third-order valence-corrected chi connectivity index (χ3v) is 6.25. The summed E-state index contributed by atoms with van der Waals surface area (Å²) in [6, 6.07) is 6.41. The molecule has 0 amide bonds. The van der Waals surface area contributed by atoms with Gasteiger partial charge in [-0.15, -0.1) is 0 Å². The van der Waals surface area contributed by atoms with Gasteiger partial charge in [0.25, 0.3) is 10.1 Å². The summed E-state index contributed by atoms with van der Waals surface area (Å²) in [4.78, 5) is 32.7. The van der Waals surface area contributed by atoms with E-state index in [2.05, 4.69) is 0 Å². The molecule has 41 heavy (non-hydrogen) atoms. The molecule has 0 unspecified atom stereocenters. The Balaban J connectivity index is 1.77. The van der Waals surface area contributed by atoms with Gasteiger partial charge in [0.15, 0.2) is 0 Å². The lowest BCUT2D eigenvalue weighted by molar-refractivity contribution is -0.151. The molecule has 0 heterocycles. The number of aliphatic carboxylic acids is 1. The maximum atomic E-state index is 12.0. The first-order valence-corrected chi connectivity index (χ1v) is 14.5. The van der Waals surface area contributed by atoms with Gasteiger partial charge in [-0.3, -0.25) is 13.8 Å². The van der Waals surface area contributed by atoms with Gasteiger partial charge in [0.1, 0.15) is 6.61 Å². The molecule has 1 aromatic carbocycles. The van der Waals surface area contributed by atoms with Crippen LogP contribution in [0.5, 0.6) is 0 Å². The van der Waals surface area contributed by atoms with Crippen LogP contribution in [-0.2, 0) is 61.8 Å². The molecular formula is C26H40O14S. The van der Waals surface area contributed by atoms with Gasteiger partial charge in [0.05, 0.1) is 97.2 Å². The molecule has 0 aliphatic carbocycles. The zero-order chi connectivity index (χ0) is 30.2. The highest BCUT2D eigenvalue weighted by molar-refractivity contribution is 7.86. The van der Waals surface area contributed by atoms with E-state index in [1.54, 1.807) is 12.1 Å². The van der Waals surface area contributed by atoms with Crippen LogP contribution in [0.25, 0.3) is 0 Å². The van der Waals surface area contributed by atoms with Crippen molar-refractivity contribution in [2.24, 2.45) is 0 Å². The topological polar surface area (TPSA) is 179 Å². The zero-order valence-corrected chi connectivity index (χ0v) is 24.1. The van der Waals surface area contributed by atoms with Crippen LogP contribution in [0.15, 0.2) is 29.2 Å². The Morgan fingerprint density at radius 3 is 1.41 bits per heavy atom. The Morgan fingerprint density at radius 2 is 1.00 bits per heavy atom. The summed E-state index contributed by atoms with van der Waals surface area (Å²) in [5.74, 6) is -3.27. The van der Waals surface area contributed by atoms with E-state index >= 15 is 0 Å². The van der Waals surface area contributed by atoms with Crippen molar-refractivity contribution < 1.29 is 65.2 Å². The fraction of sp³-hybridized carbons (Fsp3) is 0.654. The first-order chi connectivity index (χ1) is 19.7. The van der Waals surface area contributed by atoms with Crippen molar-refractivity contribution in [2.45, 2.75) is 24.7 Å². The van der Waals surface area contributed by atoms with E-state index in [4.69, 9.17) is 42.4 Å². The number of Topliss-reactive ketones (excluding diaryl/α,β-unsaturated/α-hetero) is 1. The van der Waals surface area contributed by atoms with Crippen LogP contribution in [0.3, 0.4) is 0 Å². The summed E-state index contributed by atoms with van der Waals surface area (Å²) >= 11 is 0. The third kappa shape index (κ3) is 20.1. The molecule has 15 heteroatoms. The van der Waals surface area contributed by atoms with Crippen LogP contribution in [0.2, 0.25) is 0 Å². The molecule has 0 radical (unpaired) electrons. The minimum Gasteiger partial charge on any atom is -0.476 e. The minimum atomic E-state index is -3.79. The number of carbonyl (C=O) groups is 3. The lowest BCUT2D eigenvalue weighted by Crippen LogP contribution is -2.17. The number of hydrogen-bond donors (Lipinski definition) is 1. The van der Waals surface area contributed by atoms with Crippen LogP contribution in [0.1, 0.15) is 18.4 Å². The normalized spacial score (nSPS) is 11.4. The van der Waals surface area contributed by atoms with Crippen molar-refractivity contribution >= 4 is 27.8 Å². The molecule has 0 fully saturated rings. The van der Waals surface area contributed by atoms with Gasteiger partial charge in [-0.2, -0.15) is 8.42 Å². The summed E-state index contributed by atoms with van der Waals surface area (Å²) in [7, 11) is -3.79. The molecule has 0 saturated carbocycles. The monoisotopic (exact) mass is 608 g/mol. The van der Waals surface area contributed by atoms with Gasteiger partial charge in [-0.1, -0.05) is 17.7 Å². The Hall–Kier alpha value is -2.50. The highest BCUT2D eigenvalue weighted by Gasteiger charge is 2.15. The van der Waals surface area contributed by atoms with Crippen LogP contribution in [-0.4, -0.2) is 124 Å². The fourth-order valence-electron chi connectivity index (χ4n) is 2.79. The molecule has 0 aliphatic heterocycles. The van der Waals surface area contributed by atoms with Crippen molar-refractivity contribution in [3.05, 3.63) is 29.8 Å². The number of carboxylic acid groups (broad SMARTS) is 1. The van der Waals surface area contributed by atoms with Gasteiger partial charge >= 0.3 is 11.9 Å². The number of esters is 1. The van der Waals surface area contributed by atoms with Crippen molar-refractivity contribution in [3.63, 3.8) is 0 Å². The smallest absolute Gasteiger partial charge is 0.372 e. The van der Waals surface area contributed by atoms with Crippen molar-refractivity contribution in [1.82, 2.24) is 0 Å². The number of carboxylic acids is 1. The van der Waals surface area contributed by atoms with Gasteiger partial charge in [0.2, 0.25) is 5.78 Å². The number of hydrogen-bond acceptors (Lipinski definition) is 13. The second-order valence-corrected chi connectivity index (χ2v) is 9.83. The number of ether oxygens (including phenoxy) is 7. The van der Waals surface area contributed by atoms with E-state index in [0.717, 1.165) is 5.56 Å². The van der Waals surface area contributed by atoms with Gasteiger partial charge in [-0.25, -0.2) is 4.79 Å². The van der Waals surface area contributed by atoms with Gasteiger partial charge < -0.3 is 38.3 Å². The Kier molecular flexibility index (Phi) is 20.6. The number of ketones is 1. The maximum Gasteiger partial charge on any atom is 0.372 e. The third-order valence-electron chi connectivity index (χ3n) is 4.92. The molecular weight excluding hydrogens is 568 g/mol. The number of carbonyl (C=O) groups excluding carboxylic acids is 2. The standard InChI is InChI=1S/C26H40O14S/c1-22-2-4-23(5-3-22)41(31,32)40-21-19-38-17-15-36-13-11-34-9-8-33-10-12-35-14-16-37-18-20-39-25(28)7-6-24(27)26(29)30/h2-5H,6-21H2,1H3,(H,29,30). The predicted octanol–water partition coefficient (Wildman–Crippen LogP) is 0.777. The number of aryl methyl sites for hydroxylation is 1. The van der Waals surface area contributed by atoms with Gasteiger partial charge in [0, 0.05) is 6.42 Å². The number of benzene rings is 1. The van der Waals surface area contributed by atoms with Crippen LogP contribution in [0.4, 0.5) is 0 Å². The molecule has 1 aromatic rings. The molecule has 0 atom stereocenters. The maximum absolute atomic E-state index is 12.0. The highest BCUT2D eigenvalue weighted by atomic mass is 32.2. The average molecular weight is 609 g/mol.